The van der Waals surface area contributed by atoms with E-state index in [0.717, 1.165) is 27.6 Å². The molecule has 0 saturated carbocycles. The number of carbonyl (C=O) groups is 2. The van der Waals surface area contributed by atoms with Gasteiger partial charge >= 0.3 is 12.1 Å². The summed E-state index contributed by atoms with van der Waals surface area (Å²) in [4.78, 5) is 27.4. The third-order valence-corrected chi connectivity index (χ3v) is 3.86. The highest BCUT2D eigenvalue weighted by atomic mass is 16.6. The number of amides is 1. The number of hydrogen-bond donors (Lipinski definition) is 2. The van der Waals surface area contributed by atoms with Gasteiger partial charge in [0.1, 0.15) is 11.6 Å². The number of hydrogen-bond acceptors (Lipinski definition) is 4. The summed E-state index contributed by atoms with van der Waals surface area (Å²) in [6, 6.07) is 5.05. The van der Waals surface area contributed by atoms with Crippen molar-refractivity contribution in [1.82, 2.24) is 10.3 Å². The first-order valence-electron chi connectivity index (χ1n) is 8.44. The number of benzene rings is 1. The van der Waals surface area contributed by atoms with Crippen LogP contribution in [0.2, 0.25) is 0 Å². The smallest absolute Gasteiger partial charge is 0.408 e. The van der Waals surface area contributed by atoms with E-state index in [1.165, 1.54) is 7.11 Å². The maximum atomic E-state index is 12.1. The van der Waals surface area contributed by atoms with Gasteiger partial charge in [-0.05, 0) is 38.8 Å². The highest BCUT2D eigenvalue weighted by Crippen LogP contribution is 2.26. The Hall–Kier alpha value is -2.76. The van der Waals surface area contributed by atoms with Crippen molar-refractivity contribution in [2.24, 2.45) is 0 Å². The number of rotatable bonds is 5. The third kappa shape index (κ3) is 4.65. The van der Waals surface area contributed by atoms with Crippen LogP contribution in [0.1, 0.15) is 38.8 Å². The van der Waals surface area contributed by atoms with Crippen LogP contribution < -0.4 is 5.32 Å². The lowest BCUT2D eigenvalue weighted by atomic mass is 10.0. The van der Waals surface area contributed by atoms with Crippen LogP contribution in [0, 0.1) is 0 Å². The van der Waals surface area contributed by atoms with Crippen molar-refractivity contribution >= 4 is 28.5 Å². The number of carbonyl (C=O) groups excluding carboxylic acids is 2. The standard InChI is InChI=1S/C20H26N2O4/c1-12(2)14-8-7-9-15-13(11-21-17(14)15)10-16(18(23)25-6)22-19(24)26-20(3,4)5/h7-9,11,16,21H,1,10H2,2-6H3,(H,22,24). The van der Waals surface area contributed by atoms with Crippen LogP contribution in [0.5, 0.6) is 0 Å². The molecule has 1 aromatic carbocycles. The van der Waals surface area contributed by atoms with E-state index in [0.29, 0.717) is 0 Å². The van der Waals surface area contributed by atoms with Crippen LogP contribution in [-0.2, 0) is 20.7 Å². The van der Waals surface area contributed by atoms with Gasteiger partial charge in [-0.15, -0.1) is 0 Å². The predicted molar refractivity (Wildman–Crippen MR) is 102 cm³/mol. The summed E-state index contributed by atoms with van der Waals surface area (Å²) in [5.74, 6) is -0.527. The zero-order valence-electron chi connectivity index (χ0n) is 15.9. The molecule has 6 heteroatoms. The number of esters is 1. The fraction of sp³-hybridized carbons (Fsp3) is 0.400. The molecule has 2 N–H and O–H groups in total. The van der Waals surface area contributed by atoms with Crippen molar-refractivity contribution in [2.75, 3.05) is 7.11 Å². The summed E-state index contributed by atoms with van der Waals surface area (Å²) >= 11 is 0. The molecular formula is C20H26N2O4. The van der Waals surface area contributed by atoms with E-state index in [9.17, 15) is 9.59 Å². The van der Waals surface area contributed by atoms with Crippen molar-refractivity contribution in [1.29, 1.82) is 0 Å². The molecule has 6 nitrogen and oxygen atoms in total. The Balaban J connectivity index is 2.28. The van der Waals surface area contributed by atoms with Gasteiger partial charge in [-0.25, -0.2) is 9.59 Å². The normalized spacial score (nSPS) is 12.5. The van der Waals surface area contributed by atoms with Gasteiger partial charge in [0.25, 0.3) is 0 Å². The molecule has 2 rings (SSSR count). The van der Waals surface area contributed by atoms with Crippen LogP contribution in [0.3, 0.4) is 0 Å². The summed E-state index contributed by atoms with van der Waals surface area (Å²) in [6.45, 7) is 11.2. The summed E-state index contributed by atoms with van der Waals surface area (Å²) in [6.07, 6.45) is 1.46. The highest BCUT2D eigenvalue weighted by molar-refractivity contribution is 5.93. The van der Waals surface area contributed by atoms with Crippen molar-refractivity contribution in [3.8, 4) is 0 Å². The summed E-state index contributed by atoms with van der Waals surface area (Å²) < 4.78 is 10.1. The number of alkyl carbamates (subject to hydrolysis) is 1. The monoisotopic (exact) mass is 358 g/mol. The Morgan fingerprint density at radius 3 is 2.58 bits per heavy atom. The maximum absolute atomic E-state index is 12.1. The number of fused-ring (bicyclic) bond motifs is 1. The van der Waals surface area contributed by atoms with Gasteiger partial charge in [-0.2, -0.15) is 0 Å². The molecule has 1 unspecified atom stereocenters. The number of nitrogens with one attached hydrogen (secondary N) is 2. The number of ether oxygens (including phenoxy) is 2. The van der Waals surface area contributed by atoms with Crippen LogP contribution >= 0.6 is 0 Å². The molecule has 1 heterocycles. The van der Waals surface area contributed by atoms with Crippen molar-refractivity contribution in [3.05, 3.63) is 42.1 Å². The summed E-state index contributed by atoms with van der Waals surface area (Å²) in [5, 5.41) is 3.57. The average molecular weight is 358 g/mol. The van der Waals surface area contributed by atoms with Crippen molar-refractivity contribution < 1.29 is 19.1 Å². The Labute approximate surface area is 153 Å². The lowest BCUT2D eigenvalue weighted by Crippen LogP contribution is -2.45. The van der Waals surface area contributed by atoms with Crippen molar-refractivity contribution in [3.63, 3.8) is 0 Å². The minimum Gasteiger partial charge on any atom is -0.467 e. The minimum absolute atomic E-state index is 0.283. The van der Waals surface area contributed by atoms with E-state index in [4.69, 9.17) is 9.47 Å². The molecule has 2 aromatic rings. The summed E-state index contributed by atoms with van der Waals surface area (Å²) in [7, 11) is 1.29. The second kappa shape index (κ2) is 7.64. The number of methoxy groups -OCH3 is 1. The van der Waals surface area contributed by atoms with Gasteiger partial charge in [-0.1, -0.05) is 24.8 Å². The lowest BCUT2D eigenvalue weighted by molar-refractivity contribution is -0.143. The Morgan fingerprint density at radius 2 is 2.00 bits per heavy atom. The zero-order valence-corrected chi connectivity index (χ0v) is 15.9. The molecule has 140 valence electrons. The quantitative estimate of drug-likeness (QED) is 0.797. The van der Waals surface area contributed by atoms with E-state index in [2.05, 4.69) is 16.9 Å². The lowest BCUT2D eigenvalue weighted by Gasteiger charge is -2.22. The van der Waals surface area contributed by atoms with E-state index in [1.807, 2.05) is 31.3 Å². The molecule has 1 amide bonds. The minimum atomic E-state index is -0.845. The topological polar surface area (TPSA) is 80.4 Å². The van der Waals surface area contributed by atoms with Crippen molar-refractivity contribution in [2.45, 2.75) is 45.8 Å². The molecule has 0 aliphatic rings. The largest absolute Gasteiger partial charge is 0.467 e. The molecular weight excluding hydrogens is 332 g/mol. The SMILES string of the molecule is C=C(C)c1cccc2c(CC(NC(=O)OC(C)(C)C)C(=O)OC)c[nH]c12. The molecule has 0 aliphatic heterocycles. The average Bonchev–Trinajstić information content (AvgIpc) is 2.94. The molecule has 26 heavy (non-hydrogen) atoms. The van der Waals surface area contributed by atoms with Crippen LogP contribution in [-0.4, -0.2) is 35.8 Å². The van der Waals surface area contributed by atoms with E-state index in [1.54, 1.807) is 20.8 Å². The number of para-hydroxylation sites is 1. The van der Waals surface area contributed by atoms with E-state index in [-0.39, 0.29) is 6.42 Å². The molecule has 1 atom stereocenters. The number of allylic oxidation sites excluding steroid dienone is 1. The molecule has 1 aromatic heterocycles. The third-order valence-electron chi connectivity index (χ3n) is 3.86. The van der Waals surface area contributed by atoms with Crippen LogP contribution in [0.15, 0.2) is 31.0 Å². The van der Waals surface area contributed by atoms with Crippen LogP contribution in [0.4, 0.5) is 4.79 Å². The number of H-pyrrole nitrogens is 1. The van der Waals surface area contributed by atoms with Crippen LogP contribution in [0.25, 0.3) is 16.5 Å². The highest BCUT2D eigenvalue weighted by Gasteiger charge is 2.26. The zero-order chi connectivity index (χ0) is 19.5. The first-order valence-corrected chi connectivity index (χ1v) is 8.44. The molecule has 0 saturated heterocycles. The summed E-state index contributed by atoms with van der Waals surface area (Å²) in [5.41, 5.74) is 3.16. The van der Waals surface area contributed by atoms with Gasteiger partial charge in [-0.3, -0.25) is 0 Å². The van der Waals surface area contributed by atoms with E-state index < -0.39 is 23.7 Å². The number of aromatic nitrogens is 1. The molecule has 0 spiro atoms. The maximum Gasteiger partial charge on any atom is 0.408 e. The Kier molecular flexibility index (Phi) is 5.75. The van der Waals surface area contributed by atoms with Gasteiger partial charge < -0.3 is 19.8 Å². The fourth-order valence-corrected chi connectivity index (χ4v) is 2.74. The molecule has 0 fully saturated rings. The fourth-order valence-electron chi connectivity index (χ4n) is 2.74. The first-order chi connectivity index (χ1) is 12.1. The van der Waals surface area contributed by atoms with Gasteiger partial charge in [0.15, 0.2) is 0 Å². The second-order valence-electron chi connectivity index (χ2n) is 7.25. The molecule has 0 radical (unpaired) electrons. The van der Waals surface area contributed by atoms with Gasteiger partial charge in [0, 0.05) is 23.6 Å². The van der Waals surface area contributed by atoms with E-state index >= 15 is 0 Å². The Bertz CT molecular complexity index is 830. The first kappa shape index (κ1) is 19.6. The second-order valence-corrected chi connectivity index (χ2v) is 7.25. The molecule has 0 bridgehead atoms. The number of aromatic amines is 1. The Morgan fingerprint density at radius 1 is 1.31 bits per heavy atom. The van der Waals surface area contributed by atoms with Gasteiger partial charge in [0.05, 0.1) is 12.6 Å². The predicted octanol–water partition coefficient (Wildman–Crippen LogP) is 3.81. The van der Waals surface area contributed by atoms with Gasteiger partial charge in [0.2, 0.25) is 0 Å². The molecule has 0 aliphatic carbocycles.